The van der Waals surface area contributed by atoms with E-state index in [0.29, 0.717) is 12.6 Å². The van der Waals surface area contributed by atoms with Gasteiger partial charge in [0.15, 0.2) is 0 Å². The normalized spacial score (nSPS) is 25.1. The van der Waals surface area contributed by atoms with Crippen LogP contribution in [0, 0.1) is 5.92 Å². The summed E-state index contributed by atoms with van der Waals surface area (Å²) in [5.74, 6) is 0.979. The van der Waals surface area contributed by atoms with Crippen LogP contribution in [0.1, 0.15) is 39.0 Å². The zero-order valence-corrected chi connectivity index (χ0v) is 11.6. The molecule has 18 heavy (non-hydrogen) atoms. The number of carbonyl (C=O) groups is 1. The van der Waals surface area contributed by atoms with Gasteiger partial charge >= 0.3 is 0 Å². The van der Waals surface area contributed by atoms with Gasteiger partial charge in [0.2, 0.25) is 5.91 Å². The number of hydrogen-bond donors (Lipinski definition) is 2. The van der Waals surface area contributed by atoms with E-state index in [9.17, 15) is 4.79 Å². The van der Waals surface area contributed by atoms with Crippen LogP contribution in [-0.2, 0) is 4.79 Å². The molecule has 1 atom stereocenters. The molecule has 2 aliphatic rings. The first-order valence-electron chi connectivity index (χ1n) is 7.50. The second-order valence-electron chi connectivity index (χ2n) is 5.78. The van der Waals surface area contributed by atoms with Crippen molar-refractivity contribution in [3.63, 3.8) is 0 Å². The highest BCUT2D eigenvalue weighted by atomic mass is 16.2. The number of piperidine rings is 1. The summed E-state index contributed by atoms with van der Waals surface area (Å²) in [6.45, 7) is 6.85. The molecule has 2 N–H and O–H groups in total. The van der Waals surface area contributed by atoms with Gasteiger partial charge in [-0.05, 0) is 51.1 Å². The van der Waals surface area contributed by atoms with E-state index in [0.717, 1.165) is 32.1 Å². The number of rotatable bonds is 7. The molecular formula is C14H27N3O. The minimum Gasteiger partial charge on any atom is -0.355 e. The summed E-state index contributed by atoms with van der Waals surface area (Å²) >= 11 is 0. The lowest BCUT2D eigenvalue weighted by Crippen LogP contribution is -2.49. The SMILES string of the molecule is CCCNC1CCCN(CC(=O)NCC2CC2)C1. The van der Waals surface area contributed by atoms with Crippen molar-refractivity contribution < 1.29 is 4.79 Å². The quantitative estimate of drug-likeness (QED) is 0.711. The van der Waals surface area contributed by atoms with E-state index in [4.69, 9.17) is 0 Å². The van der Waals surface area contributed by atoms with Crippen LogP contribution in [0.15, 0.2) is 0 Å². The topological polar surface area (TPSA) is 44.4 Å². The van der Waals surface area contributed by atoms with E-state index in [2.05, 4.69) is 22.5 Å². The van der Waals surface area contributed by atoms with Crippen molar-refractivity contribution in [3.05, 3.63) is 0 Å². The summed E-state index contributed by atoms with van der Waals surface area (Å²) in [7, 11) is 0. The van der Waals surface area contributed by atoms with Crippen molar-refractivity contribution in [3.8, 4) is 0 Å². The van der Waals surface area contributed by atoms with E-state index in [1.165, 1.54) is 32.1 Å². The molecule has 0 aromatic heterocycles. The van der Waals surface area contributed by atoms with Gasteiger partial charge < -0.3 is 10.6 Å². The van der Waals surface area contributed by atoms with Crippen LogP contribution in [0.5, 0.6) is 0 Å². The predicted octanol–water partition coefficient (Wildman–Crippen LogP) is 0.977. The molecule has 0 aromatic rings. The third kappa shape index (κ3) is 4.94. The Morgan fingerprint density at radius 1 is 1.33 bits per heavy atom. The van der Waals surface area contributed by atoms with E-state index in [1.807, 2.05) is 0 Å². The van der Waals surface area contributed by atoms with Crippen LogP contribution < -0.4 is 10.6 Å². The first-order chi connectivity index (χ1) is 8.78. The monoisotopic (exact) mass is 253 g/mol. The zero-order valence-electron chi connectivity index (χ0n) is 11.6. The minimum atomic E-state index is 0.207. The number of amides is 1. The largest absolute Gasteiger partial charge is 0.355 e. The van der Waals surface area contributed by atoms with E-state index in [1.54, 1.807) is 0 Å². The molecule has 0 spiro atoms. The molecule has 4 heteroatoms. The van der Waals surface area contributed by atoms with Gasteiger partial charge in [-0.3, -0.25) is 9.69 Å². The predicted molar refractivity (Wildman–Crippen MR) is 73.5 cm³/mol. The fraction of sp³-hybridized carbons (Fsp3) is 0.929. The van der Waals surface area contributed by atoms with Gasteiger partial charge in [0.1, 0.15) is 0 Å². The van der Waals surface area contributed by atoms with Crippen molar-refractivity contribution in [2.45, 2.75) is 45.1 Å². The van der Waals surface area contributed by atoms with Gasteiger partial charge in [-0.2, -0.15) is 0 Å². The second kappa shape index (κ2) is 7.10. The number of nitrogens with zero attached hydrogens (tertiary/aromatic N) is 1. The van der Waals surface area contributed by atoms with Gasteiger partial charge in [-0.25, -0.2) is 0 Å². The zero-order chi connectivity index (χ0) is 12.8. The fourth-order valence-electron chi connectivity index (χ4n) is 2.55. The Hall–Kier alpha value is -0.610. The van der Waals surface area contributed by atoms with E-state index < -0.39 is 0 Å². The molecule has 0 aromatic carbocycles. The number of hydrogen-bond acceptors (Lipinski definition) is 3. The molecule has 2 fully saturated rings. The third-order valence-electron chi connectivity index (χ3n) is 3.84. The molecule has 0 radical (unpaired) electrons. The first kappa shape index (κ1) is 13.8. The van der Waals surface area contributed by atoms with Crippen LogP contribution in [0.25, 0.3) is 0 Å². The van der Waals surface area contributed by atoms with Crippen LogP contribution in [0.3, 0.4) is 0 Å². The summed E-state index contributed by atoms with van der Waals surface area (Å²) in [5, 5.41) is 6.61. The van der Waals surface area contributed by atoms with Gasteiger partial charge in [0, 0.05) is 19.1 Å². The van der Waals surface area contributed by atoms with Gasteiger partial charge in [-0.1, -0.05) is 6.92 Å². The highest BCUT2D eigenvalue weighted by Gasteiger charge is 2.23. The van der Waals surface area contributed by atoms with Crippen LogP contribution >= 0.6 is 0 Å². The maximum Gasteiger partial charge on any atom is 0.234 e. The molecule has 1 aliphatic carbocycles. The molecule has 0 bridgehead atoms. The average Bonchev–Trinajstić information content (AvgIpc) is 3.18. The smallest absolute Gasteiger partial charge is 0.234 e. The molecule has 1 amide bonds. The molecule has 1 saturated carbocycles. The number of likely N-dealkylation sites (tertiary alicyclic amines) is 1. The van der Waals surface area contributed by atoms with Crippen LogP contribution in [-0.4, -0.2) is 49.6 Å². The number of carbonyl (C=O) groups excluding carboxylic acids is 1. The Morgan fingerprint density at radius 2 is 2.17 bits per heavy atom. The first-order valence-corrected chi connectivity index (χ1v) is 7.50. The summed E-state index contributed by atoms with van der Waals surface area (Å²) in [5.41, 5.74) is 0. The Morgan fingerprint density at radius 3 is 2.89 bits per heavy atom. The molecule has 1 heterocycles. The molecular weight excluding hydrogens is 226 g/mol. The van der Waals surface area contributed by atoms with Crippen molar-refractivity contribution in [1.29, 1.82) is 0 Å². The summed E-state index contributed by atoms with van der Waals surface area (Å²) in [4.78, 5) is 14.1. The van der Waals surface area contributed by atoms with Crippen LogP contribution in [0.4, 0.5) is 0 Å². The summed E-state index contributed by atoms with van der Waals surface area (Å²) in [6.07, 6.45) is 6.23. The number of nitrogens with one attached hydrogen (secondary N) is 2. The van der Waals surface area contributed by atoms with Crippen molar-refractivity contribution in [1.82, 2.24) is 15.5 Å². The Kier molecular flexibility index (Phi) is 5.45. The highest BCUT2D eigenvalue weighted by Crippen LogP contribution is 2.27. The van der Waals surface area contributed by atoms with Crippen LogP contribution in [0.2, 0.25) is 0 Å². The molecule has 1 aliphatic heterocycles. The van der Waals surface area contributed by atoms with E-state index in [-0.39, 0.29) is 5.91 Å². The lowest BCUT2D eigenvalue weighted by Gasteiger charge is -2.32. The molecule has 2 rings (SSSR count). The maximum absolute atomic E-state index is 11.8. The van der Waals surface area contributed by atoms with Crippen molar-refractivity contribution >= 4 is 5.91 Å². The van der Waals surface area contributed by atoms with Gasteiger partial charge in [0.05, 0.1) is 6.54 Å². The minimum absolute atomic E-state index is 0.207. The van der Waals surface area contributed by atoms with Gasteiger partial charge in [-0.15, -0.1) is 0 Å². The van der Waals surface area contributed by atoms with E-state index >= 15 is 0 Å². The Bertz CT molecular complexity index is 266. The molecule has 104 valence electrons. The lowest BCUT2D eigenvalue weighted by atomic mass is 10.1. The summed E-state index contributed by atoms with van der Waals surface area (Å²) in [6, 6.07) is 0.579. The third-order valence-corrected chi connectivity index (χ3v) is 3.84. The second-order valence-corrected chi connectivity index (χ2v) is 5.78. The van der Waals surface area contributed by atoms with Gasteiger partial charge in [0.25, 0.3) is 0 Å². The highest BCUT2D eigenvalue weighted by molar-refractivity contribution is 5.78. The maximum atomic E-state index is 11.8. The lowest BCUT2D eigenvalue weighted by molar-refractivity contribution is -0.122. The summed E-state index contributed by atoms with van der Waals surface area (Å²) < 4.78 is 0. The Labute approximate surface area is 110 Å². The van der Waals surface area contributed by atoms with Crippen molar-refractivity contribution in [2.24, 2.45) is 5.92 Å². The fourth-order valence-corrected chi connectivity index (χ4v) is 2.55. The Balaban J connectivity index is 1.62. The standard InChI is InChI=1S/C14H27N3O/c1-2-7-15-13-4-3-8-17(10-13)11-14(18)16-9-12-5-6-12/h12-13,15H,2-11H2,1H3,(H,16,18). The molecule has 1 unspecified atom stereocenters. The van der Waals surface area contributed by atoms with Crippen molar-refractivity contribution in [2.75, 3.05) is 32.7 Å². The molecule has 4 nitrogen and oxygen atoms in total. The molecule has 1 saturated heterocycles. The average molecular weight is 253 g/mol.